The zero-order valence-corrected chi connectivity index (χ0v) is 11.5. The number of morpholine rings is 1. The van der Waals surface area contributed by atoms with Gasteiger partial charge in [-0.25, -0.2) is 4.79 Å². The van der Waals surface area contributed by atoms with Crippen molar-refractivity contribution in [2.24, 2.45) is 5.92 Å². The predicted octanol–water partition coefficient (Wildman–Crippen LogP) is 1.01. The van der Waals surface area contributed by atoms with E-state index in [2.05, 4.69) is 0 Å². The molecule has 1 aliphatic carbocycles. The summed E-state index contributed by atoms with van der Waals surface area (Å²) in [6.07, 6.45) is 2.20. The van der Waals surface area contributed by atoms with Crippen LogP contribution in [0.15, 0.2) is 0 Å². The molecule has 0 spiro atoms. The number of carbonyl (C=O) groups excluding carboxylic acids is 1. The van der Waals surface area contributed by atoms with Gasteiger partial charge in [0.05, 0.1) is 18.8 Å². The summed E-state index contributed by atoms with van der Waals surface area (Å²) in [6, 6.07) is -0.170. The molecule has 6 heteroatoms. The Labute approximate surface area is 113 Å². The van der Waals surface area contributed by atoms with Gasteiger partial charge in [0.15, 0.2) is 0 Å². The Bertz CT molecular complexity index is 357. The number of carboxylic acids is 1. The van der Waals surface area contributed by atoms with Crippen molar-refractivity contribution in [2.45, 2.75) is 38.8 Å². The van der Waals surface area contributed by atoms with Crippen molar-refractivity contribution < 1.29 is 19.4 Å². The first kappa shape index (κ1) is 14.1. The number of ether oxygens (including phenoxy) is 1. The number of urea groups is 1. The highest BCUT2D eigenvalue weighted by Crippen LogP contribution is 2.30. The van der Waals surface area contributed by atoms with Crippen LogP contribution in [0.1, 0.15) is 26.7 Å². The number of hydrogen-bond acceptors (Lipinski definition) is 3. The van der Waals surface area contributed by atoms with Gasteiger partial charge in [-0.05, 0) is 32.6 Å². The normalized spacial score (nSPS) is 27.2. The Morgan fingerprint density at radius 2 is 2.05 bits per heavy atom. The van der Waals surface area contributed by atoms with Gasteiger partial charge in [0.25, 0.3) is 0 Å². The van der Waals surface area contributed by atoms with Crippen molar-refractivity contribution in [1.29, 1.82) is 0 Å². The zero-order valence-electron chi connectivity index (χ0n) is 11.5. The SMILES string of the molecule is CC1CN(C(=O)N(CC(=O)O)CC2CC2)C(C)CO1. The first-order chi connectivity index (χ1) is 8.97. The van der Waals surface area contributed by atoms with E-state index >= 15 is 0 Å². The summed E-state index contributed by atoms with van der Waals surface area (Å²) < 4.78 is 5.50. The molecule has 1 N–H and O–H groups in total. The molecule has 0 bridgehead atoms. The first-order valence-corrected chi connectivity index (χ1v) is 6.86. The molecule has 2 unspecified atom stereocenters. The molecular formula is C13H22N2O4. The smallest absolute Gasteiger partial charge is 0.323 e. The molecule has 2 rings (SSSR count). The highest BCUT2D eigenvalue weighted by molar-refractivity contribution is 5.80. The summed E-state index contributed by atoms with van der Waals surface area (Å²) in [5, 5.41) is 8.95. The van der Waals surface area contributed by atoms with Crippen LogP contribution in [0.4, 0.5) is 4.79 Å². The zero-order chi connectivity index (χ0) is 14.0. The van der Waals surface area contributed by atoms with Gasteiger partial charge < -0.3 is 19.6 Å². The molecule has 0 aromatic heterocycles. The third-order valence-electron chi connectivity index (χ3n) is 3.63. The fourth-order valence-corrected chi connectivity index (χ4v) is 2.34. The fraction of sp³-hybridized carbons (Fsp3) is 0.846. The molecule has 6 nitrogen and oxygen atoms in total. The third kappa shape index (κ3) is 3.83. The second kappa shape index (κ2) is 5.77. The summed E-state index contributed by atoms with van der Waals surface area (Å²) in [5.41, 5.74) is 0. The number of aliphatic carboxylic acids is 1. The van der Waals surface area contributed by atoms with Gasteiger partial charge in [0.2, 0.25) is 0 Å². The van der Waals surface area contributed by atoms with E-state index in [0.717, 1.165) is 12.8 Å². The van der Waals surface area contributed by atoms with Gasteiger partial charge in [-0.15, -0.1) is 0 Å². The van der Waals surface area contributed by atoms with E-state index < -0.39 is 5.97 Å². The lowest BCUT2D eigenvalue weighted by Gasteiger charge is -2.39. The van der Waals surface area contributed by atoms with Crippen LogP contribution in [0.3, 0.4) is 0 Å². The third-order valence-corrected chi connectivity index (χ3v) is 3.63. The molecule has 1 aliphatic heterocycles. The van der Waals surface area contributed by atoms with E-state index in [-0.39, 0.29) is 24.7 Å². The topological polar surface area (TPSA) is 70.1 Å². The molecule has 2 atom stereocenters. The molecule has 1 heterocycles. The number of carboxylic acid groups (broad SMARTS) is 1. The molecule has 0 aromatic rings. The largest absolute Gasteiger partial charge is 0.480 e. The minimum atomic E-state index is -0.956. The van der Waals surface area contributed by atoms with Gasteiger partial charge in [0, 0.05) is 13.1 Å². The number of amides is 2. The Morgan fingerprint density at radius 1 is 1.37 bits per heavy atom. The van der Waals surface area contributed by atoms with Crippen molar-refractivity contribution in [2.75, 3.05) is 26.2 Å². The molecule has 2 aliphatic rings. The van der Waals surface area contributed by atoms with Crippen LogP contribution in [0, 0.1) is 5.92 Å². The van der Waals surface area contributed by atoms with Crippen molar-refractivity contribution in [3.8, 4) is 0 Å². The highest BCUT2D eigenvalue weighted by atomic mass is 16.5. The van der Waals surface area contributed by atoms with Crippen LogP contribution < -0.4 is 0 Å². The maximum atomic E-state index is 12.5. The molecule has 2 amide bonds. The Balaban J connectivity index is 2.01. The van der Waals surface area contributed by atoms with Gasteiger partial charge >= 0.3 is 12.0 Å². The molecule has 0 aromatic carbocycles. The van der Waals surface area contributed by atoms with Gasteiger partial charge in [-0.3, -0.25) is 4.79 Å². The van der Waals surface area contributed by atoms with Crippen molar-refractivity contribution in [3.05, 3.63) is 0 Å². The Kier molecular flexibility index (Phi) is 4.29. The minimum Gasteiger partial charge on any atom is -0.480 e. The standard InChI is InChI=1S/C13H22N2O4/c1-9-8-19-10(2)5-15(9)13(18)14(7-12(16)17)6-11-3-4-11/h9-11H,3-8H2,1-2H3,(H,16,17). The van der Waals surface area contributed by atoms with Gasteiger partial charge in [-0.2, -0.15) is 0 Å². The molecular weight excluding hydrogens is 248 g/mol. The summed E-state index contributed by atoms with van der Waals surface area (Å²) in [4.78, 5) is 26.6. The Hall–Kier alpha value is -1.30. The van der Waals surface area contributed by atoms with Gasteiger partial charge in [-0.1, -0.05) is 0 Å². The molecule has 2 fully saturated rings. The molecule has 0 radical (unpaired) electrons. The maximum Gasteiger partial charge on any atom is 0.323 e. The molecule has 1 saturated heterocycles. The molecule has 19 heavy (non-hydrogen) atoms. The lowest BCUT2D eigenvalue weighted by atomic mass is 10.2. The van der Waals surface area contributed by atoms with Crippen LogP contribution in [0.2, 0.25) is 0 Å². The van der Waals surface area contributed by atoms with Crippen LogP contribution in [-0.4, -0.2) is 65.3 Å². The van der Waals surface area contributed by atoms with Crippen LogP contribution in [-0.2, 0) is 9.53 Å². The van der Waals surface area contributed by atoms with Crippen molar-refractivity contribution >= 4 is 12.0 Å². The molecule has 108 valence electrons. The van der Waals surface area contributed by atoms with E-state index in [1.807, 2.05) is 13.8 Å². The number of carbonyl (C=O) groups is 2. The van der Waals surface area contributed by atoms with Crippen LogP contribution in [0.5, 0.6) is 0 Å². The van der Waals surface area contributed by atoms with E-state index in [1.165, 1.54) is 4.90 Å². The quantitative estimate of drug-likeness (QED) is 0.827. The van der Waals surface area contributed by atoms with E-state index in [1.54, 1.807) is 4.90 Å². The maximum absolute atomic E-state index is 12.5. The first-order valence-electron chi connectivity index (χ1n) is 6.86. The Morgan fingerprint density at radius 3 is 2.63 bits per heavy atom. The minimum absolute atomic E-state index is 0.000743. The van der Waals surface area contributed by atoms with Crippen LogP contribution >= 0.6 is 0 Å². The lowest BCUT2D eigenvalue weighted by Crippen LogP contribution is -2.55. The van der Waals surface area contributed by atoms with Gasteiger partial charge in [0.1, 0.15) is 6.54 Å². The van der Waals surface area contributed by atoms with E-state index in [9.17, 15) is 9.59 Å². The fourth-order valence-electron chi connectivity index (χ4n) is 2.34. The highest BCUT2D eigenvalue weighted by Gasteiger charge is 2.34. The average Bonchev–Trinajstić information content (AvgIpc) is 3.14. The van der Waals surface area contributed by atoms with E-state index in [4.69, 9.17) is 9.84 Å². The van der Waals surface area contributed by atoms with Crippen LogP contribution in [0.25, 0.3) is 0 Å². The summed E-state index contributed by atoms with van der Waals surface area (Å²) in [5.74, 6) is -0.472. The second-order valence-electron chi connectivity index (χ2n) is 5.65. The summed E-state index contributed by atoms with van der Waals surface area (Å²) in [6.45, 7) is 5.24. The monoisotopic (exact) mass is 270 g/mol. The number of hydrogen-bond donors (Lipinski definition) is 1. The molecule has 1 saturated carbocycles. The van der Waals surface area contributed by atoms with E-state index in [0.29, 0.717) is 25.6 Å². The second-order valence-corrected chi connectivity index (χ2v) is 5.65. The van der Waals surface area contributed by atoms with Crippen molar-refractivity contribution in [3.63, 3.8) is 0 Å². The summed E-state index contributed by atoms with van der Waals surface area (Å²) >= 11 is 0. The number of rotatable bonds is 4. The predicted molar refractivity (Wildman–Crippen MR) is 68.9 cm³/mol. The summed E-state index contributed by atoms with van der Waals surface area (Å²) in [7, 11) is 0. The average molecular weight is 270 g/mol. The lowest BCUT2D eigenvalue weighted by molar-refractivity contribution is -0.138. The van der Waals surface area contributed by atoms with Crippen molar-refractivity contribution in [1.82, 2.24) is 9.80 Å². The number of nitrogens with zero attached hydrogens (tertiary/aromatic N) is 2.